The lowest BCUT2D eigenvalue weighted by molar-refractivity contribution is -0.138. The zero-order chi connectivity index (χ0) is 21.5. The van der Waals surface area contributed by atoms with Gasteiger partial charge in [-0.25, -0.2) is 4.79 Å². The first-order valence-electron chi connectivity index (χ1n) is 10.3. The molecule has 3 aliphatic rings. The molecule has 3 aliphatic heterocycles. The van der Waals surface area contributed by atoms with Crippen molar-refractivity contribution in [1.29, 1.82) is 0 Å². The maximum absolute atomic E-state index is 13.3. The predicted octanol–water partition coefficient (Wildman–Crippen LogP) is 3.74. The normalized spacial score (nSPS) is 22.3. The van der Waals surface area contributed by atoms with E-state index in [0.717, 1.165) is 12.5 Å². The number of nitrogens with one attached hydrogen (secondary N) is 1. The van der Waals surface area contributed by atoms with Crippen LogP contribution in [-0.2, 0) is 17.4 Å². The summed E-state index contributed by atoms with van der Waals surface area (Å²) in [6.45, 7) is 2.69. The lowest BCUT2D eigenvalue weighted by atomic mass is 9.81. The van der Waals surface area contributed by atoms with Crippen LogP contribution in [0.4, 0.5) is 18.0 Å². The van der Waals surface area contributed by atoms with Crippen LogP contribution in [0.25, 0.3) is 0 Å². The van der Waals surface area contributed by atoms with E-state index in [1.807, 2.05) is 0 Å². The number of carbonyl (C=O) groups is 2. The van der Waals surface area contributed by atoms with Crippen LogP contribution in [0.5, 0.6) is 0 Å². The zero-order valence-electron chi connectivity index (χ0n) is 16.6. The number of hydrogen-bond donors (Lipinski definition) is 1. The number of Topliss-reactive ketones (excluding diaryl/α,β-unsaturated/α-hetero) is 1. The van der Waals surface area contributed by atoms with Gasteiger partial charge >= 0.3 is 12.2 Å². The number of likely N-dealkylation sites (tertiary alicyclic amines) is 2. The Labute approximate surface area is 178 Å². The number of piperidine rings is 2. The Kier molecular flexibility index (Phi) is 5.74. The number of alkyl halides is 3. The van der Waals surface area contributed by atoms with Crippen molar-refractivity contribution in [2.24, 2.45) is 5.92 Å². The Bertz CT molecular complexity index is 819. The maximum atomic E-state index is 13.3. The fraction of sp³-hybridized carbons (Fsp3) is 0.619. The Morgan fingerprint density at radius 2 is 1.90 bits per heavy atom. The molecule has 1 N–H and O–H groups in total. The molecule has 9 heteroatoms. The minimum Gasteiger partial charge on any atom is -0.325 e. The molecule has 0 bridgehead atoms. The first-order valence-corrected chi connectivity index (χ1v) is 10.7. The maximum Gasteiger partial charge on any atom is 0.416 e. The van der Waals surface area contributed by atoms with Crippen LogP contribution in [0.2, 0.25) is 5.02 Å². The number of ketones is 1. The summed E-state index contributed by atoms with van der Waals surface area (Å²) in [4.78, 5) is 27.7. The molecular formula is C21H25ClF3N3O2. The molecule has 0 aromatic heterocycles. The van der Waals surface area contributed by atoms with E-state index in [2.05, 4.69) is 5.32 Å². The largest absolute Gasteiger partial charge is 0.416 e. The lowest BCUT2D eigenvalue weighted by Gasteiger charge is -2.53. The van der Waals surface area contributed by atoms with Gasteiger partial charge in [0.25, 0.3) is 0 Å². The molecule has 2 amide bonds. The SMILES string of the molecule is O=C1CCC2(CN(C(=O)N3CCC(Cc4ccc(Cl)cc4C(F)(F)F)CC3)C2)NC1. The summed E-state index contributed by atoms with van der Waals surface area (Å²) < 4.78 is 39.9. The molecule has 30 heavy (non-hydrogen) atoms. The number of hydrogen-bond acceptors (Lipinski definition) is 3. The summed E-state index contributed by atoms with van der Waals surface area (Å²) in [7, 11) is 0. The molecule has 0 aliphatic carbocycles. The third-order valence-corrected chi connectivity index (χ3v) is 6.81. The second-order valence-corrected chi connectivity index (χ2v) is 9.18. The highest BCUT2D eigenvalue weighted by molar-refractivity contribution is 6.30. The van der Waals surface area contributed by atoms with Crippen molar-refractivity contribution in [3.8, 4) is 0 Å². The number of benzene rings is 1. The Morgan fingerprint density at radius 3 is 2.50 bits per heavy atom. The highest BCUT2D eigenvalue weighted by Crippen LogP contribution is 2.36. The van der Waals surface area contributed by atoms with E-state index < -0.39 is 11.7 Å². The van der Waals surface area contributed by atoms with Crippen LogP contribution in [-0.4, -0.2) is 59.9 Å². The number of halogens is 4. The van der Waals surface area contributed by atoms with Crippen LogP contribution < -0.4 is 5.32 Å². The van der Waals surface area contributed by atoms with Crippen molar-refractivity contribution in [2.45, 2.75) is 43.8 Å². The molecule has 1 spiro atoms. The number of amides is 2. The fourth-order valence-electron chi connectivity index (χ4n) is 4.76. The molecule has 0 radical (unpaired) electrons. The van der Waals surface area contributed by atoms with Crippen LogP contribution in [0, 0.1) is 5.92 Å². The Balaban J connectivity index is 1.29. The quantitative estimate of drug-likeness (QED) is 0.757. The number of carbonyl (C=O) groups excluding carboxylic acids is 2. The molecule has 164 valence electrons. The number of nitrogens with zero attached hydrogens (tertiary/aromatic N) is 2. The standard InChI is InChI=1S/C21H25ClF3N3O2/c22-16-2-1-15(18(10-16)21(23,24)25)9-14-4-7-27(8-5-14)19(30)28-12-20(13-28)6-3-17(29)11-26-20/h1-2,10,14,26H,3-9,11-13H2. The first kappa shape index (κ1) is 21.4. The van der Waals surface area contributed by atoms with E-state index in [1.165, 1.54) is 12.1 Å². The Morgan fingerprint density at radius 1 is 1.20 bits per heavy atom. The van der Waals surface area contributed by atoms with Crippen LogP contribution in [0.1, 0.15) is 36.8 Å². The highest BCUT2D eigenvalue weighted by atomic mass is 35.5. The molecule has 0 unspecified atom stereocenters. The second-order valence-electron chi connectivity index (χ2n) is 8.74. The summed E-state index contributed by atoms with van der Waals surface area (Å²) in [5.74, 6) is 0.312. The van der Waals surface area contributed by atoms with E-state index >= 15 is 0 Å². The van der Waals surface area contributed by atoms with Crippen LogP contribution in [0.3, 0.4) is 0 Å². The second kappa shape index (κ2) is 8.04. The summed E-state index contributed by atoms with van der Waals surface area (Å²) in [6.07, 6.45) is -1.42. The molecule has 4 rings (SSSR count). The van der Waals surface area contributed by atoms with Gasteiger partial charge in [0, 0.05) is 37.6 Å². The van der Waals surface area contributed by atoms with Crippen LogP contribution in [0.15, 0.2) is 18.2 Å². The Hall–Kier alpha value is -1.80. The van der Waals surface area contributed by atoms with Crippen molar-refractivity contribution < 1.29 is 22.8 Å². The predicted molar refractivity (Wildman–Crippen MR) is 106 cm³/mol. The van der Waals surface area contributed by atoms with Gasteiger partial charge in [0.05, 0.1) is 17.6 Å². The number of urea groups is 1. The van der Waals surface area contributed by atoms with Gasteiger partial charge in [0.1, 0.15) is 5.78 Å². The van der Waals surface area contributed by atoms with E-state index in [-0.39, 0.29) is 33.9 Å². The van der Waals surface area contributed by atoms with Gasteiger partial charge in [-0.05, 0) is 49.3 Å². The molecule has 1 aromatic rings. The van der Waals surface area contributed by atoms with Gasteiger partial charge in [-0.3, -0.25) is 4.79 Å². The van der Waals surface area contributed by atoms with E-state index in [1.54, 1.807) is 9.80 Å². The van der Waals surface area contributed by atoms with Crippen molar-refractivity contribution in [1.82, 2.24) is 15.1 Å². The van der Waals surface area contributed by atoms with E-state index in [9.17, 15) is 22.8 Å². The van der Waals surface area contributed by atoms with Gasteiger partial charge in [0.15, 0.2) is 0 Å². The van der Waals surface area contributed by atoms with E-state index in [4.69, 9.17) is 11.6 Å². The van der Waals surface area contributed by atoms with Crippen molar-refractivity contribution >= 4 is 23.4 Å². The minimum absolute atomic E-state index is 0.0137. The third-order valence-electron chi connectivity index (χ3n) is 6.57. The molecule has 0 saturated carbocycles. The summed E-state index contributed by atoms with van der Waals surface area (Å²) in [6, 6.07) is 3.93. The third kappa shape index (κ3) is 4.44. The van der Waals surface area contributed by atoms with Crippen molar-refractivity contribution in [3.63, 3.8) is 0 Å². The molecule has 3 fully saturated rings. The molecule has 3 heterocycles. The average Bonchev–Trinajstić information content (AvgIpc) is 2.68. The first-order chi connectivity index (χ1) is 14.2. The summed E-state index contributed by atoms with van der Waals surface area (Å²) >= 11 is 5.76. The molecular weight excluding hydrogens is 419 g/mol. The smallest absolute Gasteiger partial charge is 0.325 e. The van der Waals surface area contributed by atoms with E-state index in [0.29, 0.717) is 58.4 Å². The van der Waals surface area contributed by atoms with Gasteiger partial charge in [0.2, 0.25) is 0 Å². The van der Waals surface area contributed by atoms with Gasteiger partial charge in [-0.2, -0.15) is 13.2 Å². The van der Waals surface area contributed by atoms with Crippen molar-refractivity contribution in [3.05, 3.63) is 34.3 Å². The van der Waals surface area contributed by atoms with Gasteiger partial charge in [-0.15, -0.1) is 0 Å². The monoisotopic (exact) mass is 443 g/mol. The molecule has 1 aromatic carbocycles. The number of rotatable bonds is 2. The highest BCUT2D eigenvalue weighted by Gasteiger charge is 2.48. The average molecular weight is 444 g/mol. The topological polar surface area (TPSA) is 52.7 Å². The molecule has 5 nitrogen and oxygen atoms in total. The van der Waals surface area contributed by atoms with Crippen molar-refractivity contribution in [2.75, 3.05) is 32.7 Å². The summed E-state index contributed by atoms with van der Waals surface area (Å²) in [5.41, 5.74) is -0.526. The molecule has 0 atom stereocenters. The molecule has 3 saturated heterocycles. The van der Waals surface area contributed by atoms with Gasteiger partial charge in [-0.1, -0.05) is 17.7 Å². The minimum atomic E-state index is -4.43. The fourth-order valence-corrected chi connectivity index (χ4v) is 4.93. The summed E-state index contributed by atoms with van der Waals surface area (Å²) in [5, 5.41) is 3.34. The van der Waals surface area contributed by atoms with Gasteiger partial charge < -0.3 is 15.1 Å². The van der Waals surface area contributed by atoms with Crippen LogP contribution >= 0.6 is 11.6 Å². The lowest BCUT2D eigenvalue weighted by Crippen LogP contribution is -2.73. The zero-order valence-corrected chi connectivity index (χ0v) is 17.4.